The van der Waals surface area contributed by atoms with Crippen LogP contribution in [-0.2, 0) is 4.79 Å². The average Bonchev–Trinajstić information content (AvgIpc) is 2.93. The van der Waals surface area contributed by atoms with Gasteiger partial charge in [0, 0.05) is 0 Å². The van der Waals surface area contributed by atoms with Crippen LogP contribution in [0.4, 0.5) is 5.13 Å². The number of aromatic nitrogens is 1. The normalized spacial score (nSPS) is 12.1. The number of carbonyl (C=O) groups is 1. The zero-order chi connectivity index (χ0) is 16.4. The number of hydrogen-bond donors (Lipinski definition) is 1. The third-order valence-corrected chi connectivity index (χ3v) is 4.49. The van der Waals surface area contributed by atoms with E-state index in [1.807, 2.05) is 56.3 Å². The van der Waals surface area contributed by atoms with Crippen molar-refractivity contribution in [3.05, 3.63) is 53.6 Å². The van der Waals surface area contributed by atoms with Crippen LogP contribution in [0.2, 0.25) is 0 Å². The van der Waals surface area contributed by atoms with Crippen LogP contribution in [0.5, 0.6) is 5.75 Å². The van der Waals surface area contributed by atoms with Crippen molar-refractivity contribution in [1.29, 1.82) is 0 Å². The van der Waals surface area contributed by atoms with Gasteiger partial charge in [0.15, 0.2) is 11.2 Å². The van der Waals surface area contributed by atoms with Crippen molar-refractivity contribution < 1.29 is 9.53 Å². The number of benzene rings is 2. The van der Waals surface area contributed by atoms with Crippen LogP contribution in [0.15, 0.2) is 42.5 Å². The molecule has 23 heavy (non-hydrogen) atoms. The minimum absolute atomic E-state index is 0.206. The minimum atomic E-state index is -0.592. The highest BCUT2D eigenvalue weighted by atomic mass is 32.1. The van der Waals surface area contributed by atoms with Gasteiger partial charge in [0.2, 0.25) is 0 Å². The Morgan fingerprint density at radius 1 is 1.17 bits per heavy atom. The molecule has 3 rings (SSSR count). The summed E-state index contributed by atoms with van der Waals surface area (Å²) in [6.07, 6.45) is -0.592. The topological polar surface area (TPSA) is 51.2 Å². The second-order valence-electron chi connectivity index (χ2n) is 5.50. The van der Waals surface area contributed by atoms with Gasteiger partial charge >= 0.3 is 0 Å². The average molecular weight is 326 g/mol. The number of thiazole rings is 1. The Labute approximate surface area is 139 Å². The van der Waals surface area contributed by atoms with Crippen molar-refractivity contribution in [3.8, 4) is 5.75 Å². The number of rotatable bonds is 4. The Hall–Kier alpha value is -2.40. The largest absolute Gasteiger partial charge is 0.481 e. The summed E-state index contributed by atoms with van der Waals surface area (Å²) < 4.78 is 6.73. The van der Waals surface area contributed by atoms with Gasteiger partial charge in [-0.2, -0.15) is 0 Å². The van der Waals surface area contributed by atoms with Crippen LogP contribution in [0.1, 0.15) is 18.1 Å². The first kappa shape index (κ1) is 15.5. The van der Waals surface area contributed by atoms with Crippen LogP contribution in [-0.4, -0.2) is 17.0 Å². The van der Waals surface area contributed by atoms with Gasteiger partial charge in [0.05, 0.1) is 10.2 Å². The lowest BCUT2D eigenvalue weighted by atomic mass is 10.2. The van der Waals surface area contributed by atoms with Crippen molar-refractivity contribution >= 4 is 32.6 Å². The van der Waals surface area contributed by atoms with E-state index in [1.165, 1.54) is 11.3 Å². The smallest absolute Gasteiger partial charge is 0.266 e. The van der Waals surface area contributed by atoms with Gasteiger partial charge in [0.1, 0.15) is 5.75 Å². The van der Waals surface area contributed by atoms with Gasteiger partial charge < -0.3 is 4.74 Å². The Bertz CT molecular complexity index is 840. The van der Waals surface area contributed by atoms with Crippen molar-refractivity contribution in [2.75, 3.05) is 5.32 Å². The van der Waals surface area contributed by atoms with E-state index in [0.29, 0.717) is 10.9 Å². The first-order valence-corrected chi connectivity index (χ1v) is 8.25. The summed E-state index contributed by atoms with van der Waals surface area (Å²) in [6, 6.07) is 13.6. The predicted molar refractivity (Wildman–Crippen MR) is 94.3 cm³/mol. The van der Waals surface area contributed by atoms with Gasteiger partial charge in [0.25, 0.3) is 5.91 Å². The summed E-state index contributed by atoms with van der Waals surface area (Å²) in [6.45, 7) is 5.75. The first-order valence-electron chi connectivity index (χ1n) is 7.43. The van der Waals surface area contributed by atoms with Crippen LogP contribution in [0, 0.1) is 13.8 Å². The fourth-order valence-electron chi connectivity index (χ4n) is 2.22. The van der Waals surface area contributed by atoms with Crippen molar-refractivity contribution in [1.82, 2.24) is 4.98 Å². The molecule has 1 atom stereocenters. The van der Waals surface area contributed by atoms with E-state index in [1.54, 1.807) is 6.92 Å². The second-order valence-corrected chi connectivity index (χ2v) is 6.53. The molecule has 3 aromatic rings. The summed E-state index contributed by atoms with van der Waals surface area (Å²) in [5.41, 5.74) is 3.18. The molecule has 0 aliphatic rings. The maximum Gasteiger partial charge on any atom is 0.266 e. The number of anilines is 1. The van der Waals surface area contributed by atoms with Crippen LogP contribution < -0.4 is 10.1 Å². The van der Waals surface area contributed by atoms with Crippen LogP contribution in [0.3, 0.4) is 0 Å². The molecule has 0 bridgehead atoms. The molecule has 1 N–H and O–H groups in total. The van der Waals surface area contributed by atoms with E-state index >= 15 is 0 Å². The molecule has 1 amide bonds. The van der Waals surface area contributed by atoms with Gasteiger partial charge in [-0.15, -0.1) is 0 Å². The van der Waals surface area contributed by atoms with E-state index in [4.69, 9.17) is 4.74 Å². The van der Waals surface area contributed by atoms with Crippen LogP contribution >= 0.6 is 11.3 Å². The highest BCUT2D eigenvalue weighted by molar-refractivity contribution is 7.22. The summed E-state index contributed by atoms with van der Waals surface area (Å²) in [5.74, 6) is 0.473. The van der Waals surface area contributed by atoms with Gasteiger partial charge in [-0.3, -0.25) is 10.1 Å². The molecule has 1 unspecified atom stereocenters. The van der Waals surface area contributed by atoms with Crippen molar-refractivity contribution in [2.24, 2.45) is 0 Å². The Morgan fingerprint density at radius 2 is 1.91 bits per heavy atom. The molecular formula is C18H18N2O2S. The standard InChI is InChI=1S/C18H18N2O2S/c1-11-7-9-14(10-8-11)22-13(3)17(21)20-18-19-16-12(2)5-4-6-15(16)23-18/h4-10,13H,1-3H3,(H,19,20,21). The monoisotopic (exact) mass is 326 g/mol. The molecule has 1 aromatic heterocycles. The predicted octanol–water partition coefficient (Wildman–Crippen LogP) is 4.32. The Morgan fingerprint density at radius 3 is 2.61 bits per heavy atom. The lowest BCUT2D eigenvalue weighted by Gasteiger charge is -2.13. The van der Waals surface area contributed by atoms with Crippen LogP contribution in [0.25, 0.3) is 10.2 Å². The summed E-state index contributed by atoms with van der Waals surface area (Å²) >= 11 is 1.47. The van der Waals surface area contributed by atoms with Crippen molar-refractivity contribution in [3.63, 3.8) is 0 Å². The number of nitrogens with one attached hydrogen (secondary N) is 1. The van der Waals surface area contributed by atoms with Gasteiger partial charge in [-0.25, -0.2) is 4.98 Å². The summed E-state index contributed by atoms with van der Waals surface area (Å²) in [5, 5.41) is 3.43. The number of ether oxygens (including phenoxy) is 1. The van der Waals surface area contributed by atoms with Crippen molar-refractivity contribution in [2.45, 2.75) is 26.9 Å². The first-order chi connectivity index (χ1) is 11.0. The number of para-hydroxylation sites is 1. The van der Waals surface area contributed by atoms with E-state index in [2.05, 4.69) is 10.3 Å². The summed E-state index contributed by atoms with van der Waals surface area (Å²) in [4.78, 5) is 16.8. The molecule has 0 spiro atoms. The van der Waals surface area contributed by atoms with E-state index < -0.39 is 6.10 Å². The SMILES string of the molecule is Cc1ccc(OC(C)C(=O)Nc2nc3c(C)cccc3s2)cc1. The van der Waals surface area contributed by atoms with E-state index in [-0.39, 0.29) is 5.91 Å². The summed E-state index contributed by atoms with van der Waals surface area (Å²) in [7, 11) is 0. The molecule has 0 aliphatic heterocycles. The van der Waals surface area contributed by atoms with Gasteiger partial charge in [-0.1, -0.05) is 41.2 Å². The maximum atomic E-state index is 12.3. The Kier molecular flexibility index (Phi) is 4.30. The highest BCUT2D eigenvalue weighted by Gasteiger charge is 2.17. The number of hydrogen-bond acceptors (Lipinski definition) is 4. The molecule has 4 nitrogen and oxygen atoms in total. The van der Waals surface area contributed by atoms with Gasteiger partial charge in [-0.05, 0) is 44.5 Å². The molecular weight excluding hydrogens is 308 g/mol. The molecule has 2 aromatic carbocycles. The zero-order valence-corrected chi connectivity index (χ0v) is 14.1. The third kappa shape index (κ3) is 3.51. The fourth-order valence-corrected chi connectivity index (χ4v) is 3.17. The quantitative estimate of drug-likeness (QED) is 0.777. The lowest BCUT2D eigenvalue weighted by molar-refractivity contribution is -0.122. The second kappa shape index (κ2) is 6.38. The number of carbonyl (C=O) groups excluding carboxylic acids is 1. The van der Waals surface area contributed by atoms with E-state index in [0.717, 1.165) is 21.3 Å². The number of amides is 1. The Balaban J connectivity index is 1.69. The zero-order valence-electron chi connectivity index (χ0n) is 13.3. The number of fused-ring (bicyclic) bond motifs is 1. The molecule has 0 fully saturated rings. The highest BCUT2D eigenvalue weighted by Crippen LogP contribution is 2.28. The molecule has 0 saturated heterocycles. The minimum Gasteiger partial charge on any atom is -0.481 e. The molecule has 0 aliphatic carbocycles. The molecule has 5 heteroatoms. The number of aryl methyl sites for hydroxylation is 2. The molecule has 0 radical (unpaired) electrons. The molecule has 1 heterocycles. The maximum absolute atomic E-state index is 12.3. The third-order valence-electron chi connectivity index (χ3n) is 3.55. The molecule has 0 saturated carbocycles. The number of nitrogens with zero attached hydrogens (tertiary/aromatic N) is 1. The lowest BCUT2D eigenvalue weighted by Crippen LogP contribution is -2.30. The fraction of sp³-hybridized carbons (Fsp3) is 0.222. The van der Waals surface area contributed by atoms with E-state index in [9.17, 15) is 4.79 Å². The molecule has 118 valence electrons.